The van der Waals surface area contributed by atoms with Gasteiger partial charge in [-0.3, -0.25) is 4.79 Å². The summed E-state index contributed by atoms with van der Waals surface area (Å²) in [5.41, 5.74) is 4.46. The first-order chi connectivity index (χ1) is 10.4. The van der Waals surface area contributed by atoms with Crippen LogP contribution in [0.3, 0.4) is 0 Å². The van der Waals surface area contributed by atoms with E-state index in [1.807, 2.05) is 28.2 Å². The maximum Gasteiger partial charge on any atom is 0.169 e. The van der Waals surface area contributed by atoms with Crippen LogP contribution in [0.4, 0.5) is 5.69 Å². The number of rotatable bonds is 3. The highest BCUT2D eigenvalue weighted by molar-refractivity contribution is 6.12. The second kappa shape index (κ2) is 5.43. The van der Waals surface area contributed by atoms with Crippen LogP contribution in [0.15, 0.2) is 18.2 Å². The van der Waals surface area contributed by atoms with Crippen LogP contribution in [0, 0.1) is 5.92 Å². The summed E-state index contributed by atoms with van der Waals surface area (Å²) in [4.78, 5) is 17.2. The zero-order valence-electron chi connectivity index (χ0n) is 14.2. The Labute approximate surface area is 132 Å². The van der Waals surface area contributed by atoms with Crippen molar-refractivity contribution in [3.8, 4) is 0 Å². The number of carbonyl (C=O) groups is 1. The molecular formula is C18H25N3O. The SMILES string of the molecule is CN(C)CC1CCc2c(c3cc(N(C)C)ccc3n2C)C1=O. The third-order valence-corrected chi connectivity index (χ3v) is 4.75. The van der Waals surface area contributed by atoms with Gasteiger partial charge in [0.05, 0.1) is 0 Å². The van der Waals surface area contributed by atoms with Gasteiger partial charge in [-0.1, -0.05) is 0 Å². The fourth-order valence-electron chi connectivity index (χ4n) is 3.59. The summed E-state index contributed by atoms with van der Waals surface area (Å²) in [6, 6.07) is 6.41. The lowest BCUT2D eigenvalue weighted by atomic mass is 9.84. The predicted molar refractivity (Wildman–Crippen MR) is 91.9 cm³/mol. The summed E-state index contributed by atoms with van der Waals surface area (Å²) in [5.74, 6) is 0.438. The van der Waals surface area contributed by atoms with Gasteiger partial charge in [0.1, 0.15) is 0 Å². The molecule has 1 heterocycles. The molecule has 1 aromatic heterocycles. The number of nitrogens with zero attached hydrogens (tertiary/aromatic N) is 3. The van der Waals surface area contributed by atoms with Crippen molar-refractivity contribution in [3.05, 3.63) is 29.5 Å². The number of benzene rings is 1. The molecule has 1 aliphatic rings. The molecule has 0 N–H and O–H groups in total. The maximum absolute atomic E-state index is 13.0. The Balaban J connectivity index is 2.15. The second-order valence-electron chi connectivity index (χ2n) is 6.84. The first kappa shape index (κ1) is 15.1. The Morgan fingerprint density at radius 2 is 1.95 bits per heavy atom. The lowest BCUT2D eigenvalue weighted by Gasteiger charge is -2.24. The third-order valence-electron chi connectivity index (χ3n) is 4.75. The van der Waals surface area contributed by atoms with Crippen molar-refractivity contribution < 1.29 is 4.79 Å². The van der Waals surface area contributed by atoms with E-state index in [1.54, 1.807) is 0 Å². The normalized spacial score (nSPS) is 18.1. The maximum atomic E-state index is 13.0. The highest BCUT2D eigenvalue weighted by atomic mass is 16.1. The van der Waals surface area contributed by atoms with Gasteiger partial charge in [0.25, 0.3) is 0 Å². The van der Waals surface area contributed by atoms with Crippen LogP contribution in [0.2, 0.25) is 0 Å². The van der Waals surface area contributed by atoms with Gasteiger partial charge in [-0.15, -0.1) is 0 Å². The fraction of sp³-hybridized carbons (Fsp3) is 0.500. The van der Waals surface area contributed by atoms with Gasteiger partial charge >= 0.3 is 0 Å². The molecule has 2 aromatic rings. The van der Waals surface area contributed by atoms with Crippen LogP contribution in [0.25, 0.3) is 10.9 Å². The monoisotopic (exact) mass is 299 g/mol. The van der Waals surface area contributed by atoms with Gasteiger partial charge in [-0.25, -0.2) is 0 Å². The van der Waals surface area contributed by atoms with Crippen LogP contribution < -0.4 is 4.90 Å². The average molecular weight is 299 g/mol. The predicted octanol–water partition coefficient (Wildman–Crippen LogP) is 2.55. The van der Waals surface area contributed by atoms with E-state index in [1.165, 1.54) is 5.69 Å². The summed E-state index contributed by atoms with van der Waals surface area (Å²) in [6.45, 7) is 0.835. The summed E-state index contributed by atoms with van der Waals surface area (Å²) in [5, 5.41) is 1.11. The largest absolute Gasteiger partial charge is 0.378 e. The molecule has 1 unspecified atom stereocenters. The lowest BCUT2D eigenvalue weighted by molar-refractivity contribution is 0.0878. The molecule has 4 nitrogen and oxygen atoms in total. The molecule has 118 valence electrons. The Kier molecular flexibility index (Phi) is 3.73. The van der Waals surface area contributed by atoms with Crippen LogP contribution in [0.1, 0.15) is 22.5 Å². The van der Waals surface area contributed by atoms with E-state index in [-0.39, 0.29) is 5.92 Å². The topological polar surface area (TPSA) is 28.5 Å². The van der Waals surface area contributed by atoms with Crippen LogP contribution in [0.5, 0.6) is 0 Å². The fourth-order valence-corrected chi connectivity index (χ4v) is 3.59. The van der Waals surface area contributed by atoms with E-state index in [4.69, 9.17) is 0 Å². The summed E-state index contributed by atoms with van der Waals surface area (Å²) in [6.07, 6.45) is 1.94. The zero-order chi connectivity index (χ0) is 16.0. The van der Waals surface area contributed by atoms with Crippen LogP contribution in [-0.2, 0) is 13.5 Å². The Hall–Kier alpha value is -1.81. The molecule has 1 atom stereocenters. The third kappa shape index (κ3) is 2.31. The summed E-state index contributed by atoms with van der Waals surface area (Å²) >= 11 is 0. The van der Waals surface area contributed by atoms with E-state index in [9.17, 15) is 4.79 Å². The molecule has 0 spiro atoms. The van der Waals surface area contributed by atoms with E-state index in [0.29, 0.717) is 5.78 Å². The van der Waals surface area contributed by atoms with Crippen molar-refractivity contribution in [2.45, 2.75) is 12.8 Å². The van der Waals surface area contributed by atoms with Gasteiger partial charge in [0.15, 0.2) is 5.78 Å². The minimum absolute atomic E-state index is 0.121. The quantitative estimate of drug-likeness (QED) is 0.872. The number of hydrogen-bond donors (Lipinski definition) is 0. The van der Waals surface area contributed by atoms with Gasteiger partial charge in [0.2, 0.25) is 0 Å². The number of ketones is 1. The van der Waals surface area contributed by atoms with Crippen LogP contribution in [-0.4, -0.2) is 50.0 Å². The highest BCUT2D eigenvalue weighted by Crippen LogP contribution is 2.35. The number of aryl methyl sites for hydroxylation is 1. The van der Waals surface area contributed by atoms with Crippen molar-refractivity contribution >= 4 is 22.4 Å². The molecule has 0 saturated heterocycles. The highest BCUT2D eigenvalue weighted by Gasteiger charge is 2.32. The number of hydrogen-bond acceptors (Lipinski definition) is 3. The van der Waals surface area contributed by atoms with E-state index in [2.05, 4.69) is 39.6 Å². The summed E-state index contributed by atoms with van der Waals surface area (Å²) < 4.78 is 2.20. The van der Waals surface area contributed by atoms with Crippen molar-refractivity contribution in [1.29, 1.82) is 0 Å². The Morgan fingerprint density at radius 1 is 1.23 bits per heavy atom. The second-order valence-corrected chi connectivity index (χ2v) is 6.84. The number of Topliss-reactive ketones (excluding diaryl/α,β-unsaturated/α-hetero) is 1. The van der Waals surface area contributed by atoms with Crippen LogP contribution >= 0.6 is 0 Å². The van der Waals surface area contributed by atoms with Crippen molar-refractivity contribution in [1.82, 2.24) is 9.47 Å². The number of aromatic nitrogens is 1. The summed E-state index contributed by atoms with van der Waals surface area (Å²) in [7, 11) is 10.2. The zero-order valence-corrected chi connectivity index (χ0v) is 14.2. The molecule has 22 heavy (non-hydrogen) atoms. The average Bonchev–Trinajstić information content (AvgIpc) is 2.75. The van der Waals surface area contributed by atoms with E-state index < -0.39 is 0 Å². The van der Waals surface area contributed by atoms with Gasteiger partial charge in [-0.2, -0.15) is 0 Å². The molecule has 1 aromatic carbocycles. The lowest BCUT2D eigenvalue weighted by Crippen LogP contribution is -2.32. The number of anilines is 1. The molecule has 0 radical (unpaired) electrons. The van der Waals surface area contributed by atoms with Gasteiger partial charge in [-0.05, 0) is 45.1 Å². The Morgan fingerprint density at radius 3 is 2.59 bits per heavy atom. The van der Waals surface area contributed by atoms with Gasteiger partial charge < -0.3 is 14.4 Å². The van der Waals surface area contributed by atoms with Crippen molar-refractivity contribution in [2.24, 2.45) is 13.0 Å². The van der Waals surface area contributed by atoms with E-state index in [0.717, 1.165) is 41.5 Å². The standard InChI is InChI=1S/C18H25N3O/c1-19(2)11-12-6-8-16-17(18(12)22)14-10-13(20(3)4)7-9-15(14)21(16)5/h7,9-10,12H,6,8,11H2,1-5H3. The molecule has 4 heteroatoms. The van der Waals surface area contributed by atoms with Crippen molar-refractivity contribution in [2.75, 3.05) is 39.6 Å². The first-order valence-corrected chi connectivity index (χ1v) is 7.87. The van der Waals surface area contributed by atoms with Crippen molar-refractivity contribution in [3.63, 3.8) is 0 Å². The van der Waals surface area contributed by atoms with Gasteiger partial charge in [0, 0.05) is 61.5 Å². The first-order valence-electron chi connectivity index (χ1n) is 7.87. The molecule has 1 aliphatic carbocycles. The molecule has 0 aliphatic heterocycles. The minimum atomic E-state index is 0.121. The van der Waals surface area contributed by atoms with E-state index >= 15 is 0 Å². The smallest absolute Gasteiger partial charge is 0.169 e. The molecular weight excluding hydrogens is 274 g/mol. The molecule has 0 amide bonds. The molecule has 0 bridgehead atoms. The molecule has 0 fully saturated rings. The Bertz CT molecular complexity index is 727. The molecule has 3 rings (SSSR count). The number of carbonyl (C=O) groups excluding carboxylic acids is 1. The number of fused-ring (bicyclic) bond motifs is 3. The molecule has 0 saturated carbocycles. The minimum Gasteiger partial charge on any atom is -0.378 e.